The average molecular weight is 298 g/mol. The van der Waals surface area contributed by atoms with Crippen molar-refractivity contribution < 1.29 is 5.21 Å². The number of anilines is 2. The molecule has 1 aromatic carbocycles. The van der Waals surface area contributed by atoms with E-state index in [0.717, 1.165) is 10.6 Å². The highest BCUT2D eigenvalue weighted by Gasteiger charge is 2.14. The van der Waals surface area contributed by atoms with Crippen molar-refractivity contribution in [1.29, 1.82) is 0 Å². The lowest BCUT2D eigenvalue weighted by Crippen LogP contribution is -2.20. The Hall–Kier alpha value is -2.67. The number of nitrogens with zero attached hydrogens (tertiary/aromatic N) is 5. The molecule has 0 saturated heterocycles. The molecule has 7 nitrogen and oxygen atoms in total. The van der Waals surface area contributed by atoms with Crippen molar-refractivity contribution in [3.8, 4) is 0 Å². The van der Waals surface area contributed by atoms with E-state index in [9.17, 15) is 5.21 Å². The second kappa shape index (κ2) is 5.98. The molecule has 2 aromatic heterocycles. The van der Waals surface area contributed by atoms with E-state index in [0.29, 0.717) is 30.1 Å². The lowest BCUT2D eigenvalue weighted by Gasteiger charge is -2.14. The van der Waals surface area contributed by atoms with Gasteiger partial charge in [-0.25, -0.2) is 10.0 Å². The van der Waals surface area contributed by atoms with Crippen molar-refractivity contribution in [1.82, 2.24) is 19.5 Å². The maximum atomic E-state index is 9.88. The number of imidazole rings is 1. The molecule has 0 amide bonds. The first kappa shape index (κ1) is 14.3. The van der Waals surface area contributed by atoms with E-state index in [-0.39, 0.29) is 5.95 Å². The van der Waals surface area contributed by atoms with E-state index in [1.165, 1.54) is 0 Å². The number of hydroxylamine groups is 1. The maximum absolute atomic E-state index is 9.88. The summed E-state index contributed by atoms with van der Waals surface area (Å²) in [6.45, 7) is 2.86. The van der Waals surface area contributed by atoms with E-state index < -0.39 is 0 Å². The average Bonchev–Trinajstić information content (AvgIpc) is 2.94. The number of aromatic nitrogens is 4. The van der Waals surface area contributed by atoms with Gasteiger partial charge in [0.25, 0.3) is 5.95 Å². The molecule has 7 heteroatoms. The van der Waals surface area contributed by atoms with Crippen LogP contribution in [0, 0.1) is 0 Å². The van der Waals surface area contributed by atoms with Gasteiger partial charge in [0.2, 0.25) is 0 Å². The van der Waals surface area contributed by atoms with Gasteiger partial charge in [0, 0.05) is 20.1 Å². The zero-order valence-corrected chi connectivity index (χ0v) is 12.6. The third kappa shape index (κ3) is 2.71. The Bertz CT molecular complexity index is 770. The van der Waals surface area contributed by atoms with Crippen LogP contribution in [-0.2, 0) is 13.6 Å². The zero-order valence-electron chi connectivity index (χ0n) is 12.6. The van der Waals surface area contributed by atoms with Gasteiger partial charge >= 0.3 is 0 Å². The van der Waals surface area contributed by atoms with Gasteiger partial charge in [0.05, 0.1) is 6.33 Å². The molecule has 0 aliphatic rings. The molecule has 2 heterocycles. The van der Waals surface area contributed by atoms with Crippen LogP contribution in [0.5, 0.6) is 0 Å². The lowest BCUT2D eigenvalue weighted by atomic mass is 10.2. The summed E-state index contributed by atoms with van der Waals surface area (Å²) in [7, 11) is 1.86. The van der Waals surface area contributed by atoms with Crippen molar-refractivity contribution in [3.63, 3.8) is 0 Å². The fourth-order valence-corrected chi connectivity index (χ4v) is 2.16. The van der Waals surface area contributed by atoms with Crippen molar-refractivity contribution >= 4 is 22.9 Å². The molecule has 0 radical (unpaired) electrons. The summed E-state index contributed by atoms with van der Waals surface area (Å²) in [5.41, 5.74) is 2.50. The van der Waals surface area contributed by atoms with Crippen LogP contribution in [0.3, 0.4) is 0 Å². The van der Waals surface area contributed by atoms with Crippen LogP contribution in [0.1, 0.15) is 12.5 Å². The standard InChI is InChI=1S/C15H18N6O/c1-3-21(22)15-18-13(12-14(19-15)20(2)10-17-12)16-9-11-7-5-4-6-8-11/h4-8,10,22H,3,9H2,1-2H3,(H,16,18,19). The van der Waals surface area contributed by atoms with Gasteiger partial charge in [-0.1, -0.05) is 30.3 Å². The molecule has 0 bridgehead atoms. The van der Waals surface area contributed by atoms with Gasteiger partial charge < -0.3 is 9.88 Å². The molecule has 0 aliphatic heterocycles. The number of rotatable bonds is 5. The Kier molecular flexibility index (Phi) is 3.88. The highest BCUT2D eigenvalue weighted by Crippen LogP contribution is 2.22. The van der Waals surface area contributed by atoms with Crippen molar-refractivity contribution in [2.24, 2.45) is 7.05 Å². The number of fused-ring (bicyclic) bond motifs is 1. The molecular formula is C15H18N6O. The molecule has 2 N–H and O–H groups in total. The summed E-state index contributed by atoms with van der Waals surface area (Å²) in [4.78, 5) is 13.1. The van der Waals surface area contributed by atoms with Gasteiger partial charge in [-0.05, 0) is 12.5 Å². The Balaban J connectivity index is 1.96. The second-order valence-electron chi connectivity index (χ2n) is 4.95. The van der Waals surface area contributed by atoms with E-state index in [1.807, 2.05) is 44.3 Å². The van der Waals surface area contributed by atoms with Gasteiger partial charge in [0.1, 0.15) is 0 Å². The number of aryl methyl sites for hydroxylation is 1. The Morgan fingerprint density at radius 3 is 2.73 bits per heavy atom. The van der Waals surface area contributed by atoms with Crippen molar-refractivity contribution in [3.05, 3.63) is 42.2 Å². The summed E-state index contributed by atoms with van der Waals surface area (Å²) >= 11 is 0. The van der Waals surface area contributed by atoms with Crippen LogP contribution in [0.4, 0.5) is 11.8 Å². The van der Waals surface area contributed by atoms with Gasteiger partial charge in [-0.3, -0.25) is 5.21 Å². The first-order valence-electron chi connectivity index (χ1n) is 7.12. The largest absolute Gasteiger partial charge is 0.364 e. The Morgan fingerprint density at radius 1 is 1.23 bits per heavy atom. The molecule has 0 saturated carbocycles. The summed E-state index contributed by atoms with van der Waals surface area (Å²) in [6.07, 6.45) is 1.69. The first-order chi connectivity index (χ1) is 10.7. The van der Waals surface area contributed by atoms with E-state index in [4.69, 9.17) is 0 Å². The van der Waals surface area contributed by atoms with E-state index in [1.54, 1.807) is 10.9 Å². The quantitative estimate of drug-likeness (QED) is 0.703. The van der Waals surface area contributed by atoms with Crippen LogP contribution in [0.2, 0.25) is 0 Å². The predicted molar refractivity (Wildman–Crippen MR) is 84.9 cm³/mol. The second-order valence-corrected chi connectivity index (χ2v) is 4.95. The minimum Gasteiger partial charge on any atom is -0.364 e. The third-order valence-corrected chi connectivity index (χ3v) is 3.38. The monoisotopic (exact) mass is 298 g/mol. The van der Waals surface area contributed by atoms with Gasteiger partial charge in [-0.15, -0.1) is 0 Å². The molecule has 22 heavy (non-hydrogen) atoms. The lowest BCUT2D eigenvalue weighted by molar-refractivity contribution is 0.253. The molecule has 0 unspecified atom stereocenters. The van der Waals surface area contributed by atoms with Crippen molar-refractivity contribution in [2.75, 3.05) is 16.9 Å². The SMILES string of the molecule is CCN(O)c1nc(NCc2ccccc2)c2ncn(C)c2n1. The number of hydrogen-bond donors (Lipinski definition) is 2. The minimum absolute atomic E-state index is 0.258. The summed E-state index contributed by atoms with van der Waals surface area (Å²) in [5, 5.41) is 14.2. The molecule has 0 aliphatic carbocycles. The van der Waals surface area contributed by atoms with Gasteiger partial charge in [0.15, 0.2) is 17.0 Å². The minimum atomic E-state index is 0.258. The molecule has 0 fully saturated rings. The predicted octanol–water partition coefficient (Wildman–Crippen LogP) is 2.19. The molecule has 0 spiro atoms. The zero-order chi connectivity index (χ0) is 15.5. The highest BCUT2D eigenvalue weighted by molar-refractivity contribution is 5.84. The van der Waals surface area contributed by atoms with Crippen molar-refractivity contribution in [2.45, 2.75) is 13.5 Å². The molecule has 3 aromatic rings. The van der Waals surface area contributed by atoms with Crippen LogP contribution in [-0.4, -0.2) is 31.3 Å². The Morgan fingerprint density at radius 2 is 2.00 bits per heavy atom. The van der Waals surface area contributed by atoms with Crippen LogP contribution in [0.25, 0.3) is 11.2 Å². The summed E-state index contributed by atoms with van der Waals surface area (Å²) in [5.74, 6) is 0.867. The Labute approximate surface area is 128 Å². The normalized spacial score (nSPS) is 10.9. The van der Waals surface area contributed by atoms with Crippen LogP contribution >= 0.6 is 0 Å². The topological polar surface area (TPSA) is 79.1 Å². The number of benzene rings is 1. The smallest absolute Gasteiger partial charge is 0.253 e. The molecule has 114 valence electrons. The molecule has 0 atom stereocenters. The fourth-order valence-electron chi connectivity index (χ4n) is 2.16. The summed E-state index contributed by atoms with van der Waals surface area (Å²) < 4.78 is 1.80. The number of hydrogen-bond acceptors (Lipinski definition) is 6. The first-order valence-corrected chi connectivity index (χ1v) is 7.12. The number of nitrogens with one attached hydrogen (secondary N) is 1. The highest BCUT2D eigenvalue weighted by atomic mass is 16.5. The maximum Gasteiger partial charge on any atom is 0.253 e. The van der Waals surface area contributed by atoms with E-state index in [2.05, 4.69) is 20.3 Å². The van der Waals surface area contributed by atoms with Gasteiger partial charge in [-0.2, -0.15) is 9.97 Å². The van der Waals surface area contributed by atoms with E-state index >= 15 is 0 Å². The fraction of sp³-hybridized carbons (Fsp3) is 0.267. The third-order valence-electron chi connectivity index (χ3n) is 3.38. The molecular weight excluding hydrogens is 280 g/mol. The van der Waals surface area contributed by atoms with Crippen LogP contribution < -0.4 is 10.4 Å². The van der Waals surface area contributed by atoms with Crippen LogP contribution in [0.15, 0.2) is 36.7 Å². The summed E-state index contributed by atoms with van der Waals surface area (Å²) in [6, 6.07) is 10.0. The molecule has 3 rings (SSSR count).